The van der Waals surface area contributed by atoms with Gasteiger partial charge in [-0.25, -0.2) is 8.42 Å². The molecule has 4 heteroatoms. The van der Waals surface area contributed by atoms with E-state index in [1.807, 2.05) is 32.0 Å². The Bertz CT molecular complexity index is 768. The van der Waals surface area contributed by atoms with Gasteiger partial charge in [-0.15, -0.1) is 0 Å². The van der Waals surface area contributed by atoms with E-state index in [0.29, 0.717) is 11.4 Å². The standard InChI is InChI=1S/C20H31NO2S/c1-13-8-14(2)16(4)18(15(13)3)24(22,23)21-12-20(7)10-17(21)9-19(5,6)11-20/h8,17H,9-12H2,1-7H3/t17-,20+/m1/s1. The summed E-state index contributed by atoms with van der Waals surface area (Å²) in [5.41, 5.74) is 4.26. The maximum atomic E-state index is 13.6. The Morgan fingerprint density at radius 3 is 2.08 bits per heavy atom. The van der Waals surface area contributed by atoms with E-state index in [9.17, 15) is 8.42 Å². The number of rotatable bonds is 2. The first kappa shape index (κ1) is 17.9. The lowest BCUT2D eigenvalue weighted by Crippen LogP contribution is -2.38. The molecule has 1 aliphatic heterocycles. The number of fused-ring (bicyclic) bond motifs is 2. The molecule has 1 saturated carbocycles. The van der Waals surface area contributed by atoms with Gasteiger partial charge >= 0.3 is 0 Å². The normalized spacial score (nSPS) is 29.9. The van der Waals surface area contributed by atoms with Crippen LogP contribution in [0.2, 0.25) is 0 Å². The first-order chi connectivity index (χ1) is 10.9. The molecule has 0 amide bonds. The van der Waals surface area contributed by atoms with Crippen molar-refractivity contribution < 1.29 is 8.42 Å². The first-order valence-corrected chi connectivity index (χ1v) is 10.4. The molecular formula is C20H31NO2S. The minimum Gasteiger partial charge on any atom is -0.207 e. The van der Waals surface area contributed by atoms with Crippen LogP contribution in [0, 0.1) is 38.5 Å². The van der Waals surface area contributed by atoms with E-state index < -0.39 is 10.0 Å². The van der Waals surface area contributed by atoms with Gasteiger partial charge in [0.15, 0.2) is 0 Å². The molecule has 2 fully saturated rings. The van der Waals surface area contributed by atoms with Crippen molar-refractivity contribution >= 4 is 10.0 Å². The number of aryl methyl sites for hydroxylation is 2. The van der Waals surface area contributed by atoms with Gasteiger partial charge < -0.3 is 0 Å². The molecule has 0 spiro atoms. The summed E-state index contributed by atoms with van der Waals surface area (Å²) in [4.78, 5) is 0.550. The fourth-order valence-electron chi connectivity index (χ4n) is 5.37. The van der Waals surface area contributed by atoms with Crippen LogP contribution in [-0.4, -0.2) is 25.3 Å². The number of sulfonamides is 1. The molecule has 0 radical (unpaired) electrons. The molecule has 2 atom stereocenters. The van der Waals surface area contributed by atoms with Gasteiger partial charge in [-0.1, -0.05) is 26.8 Å². The molecule has 2 bridgehead atoms. The summed E-state index contributed by atoms with van der Waals surface area (Å²) in [6, 6.07) is 2.24. The van der Waals surface area contributed by atoms with Crippen LogP contribution in [-0.2, 0) is 10.0 Å². The van der Waals surface area contributed by atoms with Gasteiger partial charge in [-0.3, -0.25) is 0 Å². The van der Waals surface area contributed by atoms with E-state index >= 15 is 0 Å². The molecule has 134 valence electrons. The topological polar surface area (TPSA) is 37.4 Å². The third-order valence-corrected chi connectivity index (χ3v) is 8.40. The summed E-state index contributed by atoms with van der Waals surface area (Å²) >= 11 is 0. The van der Waals surface area contributed by atoms with Crippen LogP contribution in [0.3, 0.4) is 0 Å². The van der Waals surface area contributed by atoms with Crippen molar-refractivity contribution in [3.63, 3.8) is 0 Å². The van der Waals surface area contributed by atoms with E-state index in [-0.39, 0.29) is 16.9 Å². The zero-order chi connectivity index (χ0) is 18.1. The zero-order valence-electron chi connectivity index (χ0n) is 16.2. The van der Waals surface area contributed by atoms with Crippen LogP contribution >= 0.6 is 0 Å². The summed E-state index contributed by atoms with van der Waals surface area (Å²) < 4.78 is 29.0. The molecule has 1 saturated heterocycles. The summed E-state index contributed by atoms with van der Waals surface area (Å²) in [5, 5.41) is 0. The van der Waals surface area contributed by atoms with Crippen LogP contribution < -0.4 is 0 Å². The van der Waals surface area contributed by atoms with Crippen LogP contribution in [0.4, 0.5) is 0 Å². The number of hydrogen-bond acceptors (Lipinski definition) is 2. The fourth-order valence-corrected chi connectivity index (χ4v) is 7.73. The molecule has 0 aromatic heterocycles. The van der Waals surface area contributed by atoms with E-state index in [1.165, 1.54) is 0 Å². The van der Waals surface area contributed by atoms with Crippen molar-refractivity contribution in [3.8, 4) is 0 Å². The average Bonchev–Trinajstić information content (AvgIpc) is 2.66. The minimum atomic E-state index is -3.45. The third kappa shape index (κ3) is 2.72. The van der Waals surface area contributed by atoms with Crippen LogP contribution in [0.5, 0.6) is 0 Å². The summed E-state index contributed by atoms with van der Waals surface area (Å²) in [7, 11) is -3.45. The maximum Gasteiger partial charge on any atom is 0.243 e. The van der Waals surface area contributed by atoms with Crippen molar-refractivity contribution in [2.75, 3.05) is 6.54 Å². The number of nitrogens with zero attached hydrogens (tertiary/aromatic N) is 1. The molecule has 24 heavy (non-hydrogen) atoms. The maximum absolute atomic E-state index is 13.6. The van der Waals surface area contributed by atoms with Gasteiger partial charge in [0.1, 0.15) is 0 Å². The van der Waals surface area contributed by atoms with Gasteiger partial charge in [-0.2, -0.15) is 4.31 Å². The number of hydrogen-bond donors (Lipinski definition) is 0. The van der Waals surface area contributed by atoms with Gasteiger partial charge in [0.25, 0.3) is 0 Å². The quantitative estimate of drug-likeness (QED) is 0.788. The van der Waals surface area contributed by atoms with Crippen molar-refractivity contribution in [1.29, 1.82) is 0 Å². The predicted molar refractivity (Wildman–Crippen MR) is 98.8 cm³/mol. The highest BCUT2D eigenvalue weighted by Crippen LogP contribution is 2.54. The Morgan fingerprint density at radius 2 is 1.54 bits per heavy atom. The van der Waals surface area contributed by atoms with Crippen molar-refractivity contribution in [1.82, 2.24) is 4.31 Å². The lowest BCUT2D eigenvalue weighted by Gasteiger charge is -2.39. The molecule has 0 N–H and O–H groups in total. The Hall–Kier alpha value is -0.870. The van der Waals surface area contributed by atoms with Gasteiger partial charge in [0.2, 0.25) is 10.0 Å². The monoisotopic (exact) mass is 349 g/mol. The van der Waals surface area contributed by atoms with E-state index in [0.717, 1.165) is 41.5 Å². The Kier molecular flexibility index (Phi) is 3.97. The van der Waals surface area contributed by atoms with Gasteiger partial charge in [-0.05, 0) is 80.0 Å². The minimum absolute atomic E-state index is 0.111. The summed E-state index contributed by atoms with van der Waals surface area (Å²) in [6.45, 7) is 15.4. The first-order valence-electron chi connectivity index (χ1n) is 8.96. The Balaban J connectivity index is 2.11. The lowest BCUT2D eigenvalue weighted by atomic mass is 9.65. The fraction of sp³-hybridized carbons (Fsp3) is 0.700. The van der Waals surface area contributed by atoms with E-state index in [1.54, 1.807) is 0 Å². The van der Waals surface area contributed by atoms with E-state index in [4.69, 9.17) is 0 Å². The van der Waals surface area contributed by atoms with Crippen LogP contribution in [0.25, 0.3) is 0 Å². The lowest BCUT2D eigenvalue weighted by molar-refractivity contribution is 0.133. The largest absolute Gasteiger partial charge is 0.243 e. The highest BCUT2D eigenvalue weighted by Gasteiger charge is 2.53. The molecule has 1 aliphatic carbocycles. The average molecular weight is 350 g/mol. The van der Waals surface area contributed by atoms with Gasteiger partial charge in [0, 0.05) is 12.6 Å². The van der Waals surface area contributed by atoms with E-state index in [2.05, 4.69) is 26.8 Å². The molecule has 3 rings (SSSR count). The van der Waals surface area contributed by atoms with Crippen LogP contribution in [0.15, 0.2) is 11.0 Å². The molecule has 1 aromatic carbocycles. The molecular weight excluding hydrogens is 318 g/mol. The van der Waals surface area contributed by atoms with Crippen molar-refractivity contribution in [2.24, 2.45) is 10.8 Å². The molecule has 1 heterocycles. The van der Waals surface area contributed by atoms with Gasteiger partial charge in [0.05, 0.1) is 4.90 Å². The zero-order valence-corrected chi connectivity index (χ0v) is 17.0. The third-order valence-electron chi connectivity index (χ3n) is 6.23. The van der Waals surface area contributed by atoms with Crippen molar-refractivity contribution in [2.45, 2.75) is 78.7 Å². The second kappa shape index (κ2) is 5.31. The second-order valence-electron chi connectivity index (χ2n) is 9.35. The SMILES string of the molecule is Cc1cc(C)c(C)c(S(=O)(=O)N2C[C@@]3(C)C[C@H]2CC(C)(C)C3)c1C. The summed E-state index contributed by atoms with van der Waals surface area (Å²) in [6.07, 6.45) is 3.07. The molecule has 3 nitrogen and oxygen atoms in total. The number of benzene rings is 1. The second-order valence-corrected chi connectivity index (χ2v) is 11.2. The highest BCUT2D eigenvalue weighted by molar-refractivity contribution is 7.89. The molecule has 1 aromatic rings. The smallest absolute Gasteiger partial charge is 0.207 e. The molecule has 0 unspecified atom stereocenters. The van der Waals surface area contributed by atoms with Crippen molar-refractivity contribution in [3.05, 3.63) is 28.3 Å². The summed E-state index contributed by atoms with van der Waals surface area (Å²) in [5.74, 6) is 0. The Morgan fingerprint density at radius 1 is 1.00 bits per heavy atom. The highest BCUT2D eigenvalue weighted by atomic mass is 32.2. The molecule has 2 aliphatic rings. The predicted octanol–water partition coefficient (Wildman–Crippen LogP) is 4.51. The van der Waals surface area contributed by atoms with Crippen LogP contribution in [0.1, 0.15) is 62.3 Å². The Labute approximate surface area is 147 Å².